The van der Waals surface area contributed by atoms with Crippen LogP contribution < -0.4 is 9.47 Å². The second-order valence-electron chi connectivity index (χ2n) is 4.90. The highest BCUT2D eigenvalue weighted by molar-refractivity contribution is 9.10. The van der Waals surface area contributed by atoms with Crippen molar-refractivity contribution in [3.05, 3.63) is 22.2 Å². The lowest BCUT2D eigenvalue weighted by Gasteiger charge is -2.26. The third-order valence-corrected chi connectivity index (χ3v) is 4.08. The first-order chi connectivity index (χ1) is 9.74. The maximum Gasteiger partial charge on any atom is 0.175 e. The molecule has 0 spiro atoms. The molecule has 1 heterocycles. The molecule has 5 heteroatoms. The molecule has 0 bridgehead atoms. The molecule has 0 radical (unpaired) electrons. The molecule has 4 nitrogen and oxygen atoms in total. The highest BCUT2D eigenvalue weighted by Gasteiger charge is 2.13. The number of rotatable bonds is 6. The largest absolute Gasteiger partial charge is 0.493 e. The predicted molar refractivity (Wildman–Crippen MR) is 81.9 cm³/mol. The van der Waals surface area contributed by atoms with Crippen molar-refractivity contribution in [1.29, 1.82) is 0 Å². The van der Waals surface area contributed by atoms with Gasteiger partial charge in [0.05, 0.1) is 11.6 Å². The van der Waals surface area contributed by atoms with E-state index in [0.717, 1.165) is 30.4 Å². The summed E-state index contributed by atoms with van der Waals surface area (Å²) in [5, 5.41) is 0. The lowest BCUT2D eigenvalue weighted by Crippen LogP contribution is -2.33. The van der Waals surface area contributed by atoms with Gasteiger partial charge in [-0.3, -0.25) is 9.69 Å². The van der Waals surface area contributed by atoms with Crippen molar-refractivity contribution in [2.24, 2.45) is 0 Å². The van der Waals surface area contributed by atoms with E-state index < -0.39 is 0 Å². The van der Waals surface area contributed by atoms with Crippen LogP contribution in [0.1, 0.15) is 29.6 Å². The number of ether oxygens (including phenoxy) is 2. The molecular weight excluding hydrogens is 322 g/mol. The molecule has 1 aromatic rings. The van der Waals surface area contributed by atoms with Crippen LogP contribution in [0.25, 0.3) is 0 Å². The Kier molecular flexibility index (Phi) is 5.86. The number of hydrogen-bond donors (Lipinski definition) is 0. The number of nitrogens with zero attached hydrogens (tertiary/aromatic N) is 1. The summed E-state index contributed by atoms with van der Waals surface area (Å²) in [6, 6.07) is 3.43. The van der Waals surface area contributed by atoms with Crippen LogP contribution in [0.3, 0.4) is 0 Å². The quantitative estimate of drug-likeness (QED) is 0.745. The molecule has 20 heavy (non-hydrogen) atoms. The van der Waals surface area contributed by atoms with E-state index in [0.29, 0.717) is 23.7 Å². The molecule has 110 valence electrons. The highest BCUT2D eigenvalue weighted by Crippen LogP contribution is 2.36. The fourth-order valence-electron chi connectivity index (χ4n) is 2.41. The number of halogens is 1. The van der Waals surface area contributed by atoms with Gasteiger partial charge in [0.1, 0.15) is 12.9 Å². The van der Waals surface area contributed by atoms with Crippen molar-refractivity contribution in [3.63, 3.8) is 0 Å². The minimum absolute atomic E-state index is 0.567. The zero-order valence-corrected chi connectivity index (χ0v) is 13.3. The predicted octanol–water partition coefficient (Wildman–Crippen LogP) is 3.13. The van der Waals surface area contributed by atoms with Crippen LogP contribution in [0, 0.1) is 0 Å². The van der Waals surface area contributed by atoms with Gasteiger partial charge in [-0.1, -0.05) is 6.42 Å². The molecular formula is C15H20BrNO3. The Hall–Kier alpha value is -1.07. The van der Waals surface area contributed by atoms with Crippen LogP contribution >= 0.6 is 15.9 Å². The van der Waals surface area contributed by atoms with Crippen LogP contribution in [0.2, 0.25) is 0 Å². The van der Waals surface area contributed by atoms with Crippen molar-refractivity contribution >= 4 is 22.2 Å². The van der Waals surface area contributed by atoms with Gasteiger partial charge in [-0.15, -0.1) is 0 Å². The molecule has 0 atom stereocenters. The lowest BCUT2D eigenvalue weighted by molar-refractivity contribution is 0.112. The number of hydrogen-bond acceptors (Lipinski definition) is 4. The van der Waals surface area contributed by atoms with Crippen molar-refractivity contribution in [2.75, 3.05) is 33.4 Å². The summed E-state index contributed by atoms with van der Waals surface area (Å²) in [6.07, 6.45) is 4.69. The SMILES string of the molecule is COc1cc(C=O)cc(Br)c1OCCN1CCCCC1. The van der Waals surface area contributed by atoms with Gasteiger partial charge in [-0.2, -0.15) is 0 Å². The summed E-state index contributed by atoms with van der Waals surface area (Å²) in [5.41, 5.74) is 0.567. The summed E-state index contributed by atoms with van der Waals surface area (Å²) >= 11 is 3.43. The van der Waals surface area contributed by atoms with Gasteiger partial charge < -0.3 is 9.47 Å². The molecule has 1 fully saturated rings. The van der Waals surface area contributed by atoms with E-state index in [4.69, 9.17) is 9.47 Å². The number of piperidine rings is 1. The van der Waals surface area contributed by atoms with Crippen LogP contribution in [0.15, 0.2) is 16.6 Å². The van der Waals surface area contributed by atoms with Gasteiger partial charge in [0.2, 0.25) is 0 Å². The van der Waals surface area contributed by atoms with Gasteiger partial charge in [0.15, 0.2) is 11.5 Å². The van der Waals surface area contributed by atoms with E-state index in [-0.39, 0.29) is 0 Å². The Morgan fingerprint density at radius 2 is 2.05 bits per heavy atom. The smallest absolute Gasteiger partial charge is 0.175 e. The monoisotopic (exact) mass is 341 g/mol. The van der Waals surface area contributed by atoms with Gasteiger partial charge in [0.25, 0.3) is 0 Å². The van der Waals surface area contributed by atoms with Gasteiger partial charge in [-0.25, -0.2) is 0 Å². The van der Waals surface area contributed by atoms with E-state index in [1.807, 2.05) is 0 Å². The molecule has 0 amide bonds. The Labute approximate surface area is 128 Å². The average Bonchev–Trinajstić information content (AvgIpc) is 2.49. The minimum Gasteiger partial charge on any atom is -0.493 e. The van der Waals surface area contributed by atoms with E-state index in [1.54, 1.807) is 19.2 Å². The summed E-state index contributed by atoms with van der Waals surface area (Å²) in [6.45, 7) is 3.86. The lowest BCUT2D eigenvalue weighted by atomic mass is 10.1. The van der Waals surface area contributed by atoms with Crippen molar-refractivity contribution in [3.8, 4) is 11.5 Å². The van der Waals surface area contributed by atoms with Gasteiger partial charge in [-0.05, 0) is 54.0 Å². The summed E-state index contributed by atoms with van der Waals surface area (Å²) in [7, 11) is 1.58. The van der Waals surface area contributed by atoms with Crippen LogP contribution in [-0.4, -0.2) is 44.5 Å². The molecule has 0 aromatic heterocycles. The zero-order valence-electron chi connectivity index (χ0n) is 11.7. The Morgan fingerprint density at radius 3 is 2.70 bits per heavy atom. The van der Waals surface area contributed by atoms with E-state index >= 15 is 0 Å². The maximum atomic E-state index is 10.8. The first-order valence-corrected chi connectivity index (χ1v) is 7.71. The average molecular weight is 342 g/mol. The Balaban J connectivity index is 1.95. The van der Waals surface area contributed by atoms with Crippen LogP contribution in [0.5, 0.6) is 11.5 Å². The number of benzene rings is 1. The third-order valence-electron chi connectivity index (χ3n) is 3.49. The van der Waals surface area contributed by atoms with Crippen molar-refractivity contribution in [2.45, 2.75) is 19.3 Å². The molecule has 1 aliphatic rings. The minimum atomic E-state index is 0.567. The summed E-state index contributed by atoms with van der Waals surface area (Å²) in [5.74, 6) is 1.25. The maximum absolute atomic E-state index is 10.8. The Bertz CT molecular complexity index is 459. The molecule has 1 aliphatic heterocycles. The standard InChI is InChI=1S/C15H20BrNO3/c1-19-14-10-12(11-18)9-13(16)15(14)20-8-7-17-5-3-2-4-6-17/h9-11H,2-8H2,1H3. The van der Waals surface area contributed by atoms with E-state index in [2.05, 4.69) is 20.8 Å². The van der Waals surface area contributed by atoms with Gasteiger partial charge in [0, 0.05) is 12.1 Å². The van der Waals surface area contributed by atoms with Crippen LogP contribution in [-0.2, 0) is 0 Å². The fourth-order valence-corrected chi connectivity index (χ4v) is 2.98. The second-order valence-corrected chi connectivity index (χ2v) is 5.76. The number of aldehydes is 1. The first kappa shape index (κ1) is 15.3. The fraction of sp³-hybridized carbons (Fsp3) is 0.533. The number of methoxy groups -OCH3 is 1. The molecule has 1 aromatic carbocycles. The van der Waals surface area contributed by atoms with E-state index in [9.17, 15) is 4.79 Å². The third kappa shape index (κ3) is 3.96. The molecule has 0 saturated carbocycles. The molecule has 0 N–H and O–H groups in total. The van der Waals surface area contributed by atoms with Crippen molar-refractivity contribution < 1.29 is 14.3 Å². The summed E-state index contributed by atoms with van der Waals surface area (Å²) < 4.78 is 11.9. The van der Waals surface area contributed by atoms with Crippen molar-refractivity contribution in [1.82, 2.24) is 4.90 Å². The Morgan fingerprint density at radius 1 is 1.30 bits per heavy atom. The molecule has 1 saturated heterocycles. The highest BCUT2D eigenvalue weighted by atomic mass is 79.9. The number of likely N-dealkylation sites (tertiary alicyclic amines) is 1. The molecule has 2 rings (SSSR count). The normalized spacial score (nSPS) is 15.9. The molecule has 0 unspecified atom stereocenters. The number of carbonyl (C=O) groups excluding carboxylic acids is 1. The first-order valence-electron chi connectivity index (χ1n) is 6.92. The zero-order chi connectivity index (χ0) is 14.4. The van der Waals surface area contributed by atoms with E-state index in [1.165, 1.54) is 19.3 Å². The number of carbonyl (C=O) groups is 1. The van der Waals surface area contributed by atoms with Gasteiger partial charge >= 0.3 is 0 Å². The molecule has 0 aliphatic carbocycles. The second kappa shape index (κ2) is 7.64. The van der Waals surface area contributed by atoms with Crippen LogP contribution in [0.4, 0.5) is 0 Å². The summed E-state index contributed by atoms with van der Waals surface area (Å²) in [4.78, 5) is 13.3. The topological polar surface area (TPSA) is 38.8 Å².